The normalized spacial score (nSPS) is 13.8. The van der Waals surface area contributed by atoms with Crippen molar-refractivity contribution < 1.29 is 23.4 Å². The van der Waals surface area contributed by atoms with E-state index < -0.39 is 22.0 Å². The molecule has 0 spiro atoms. The highest BCUT2D eigenvalue weighted by atomic mass is 35.5. The van der Waals surface area contributed by atoms with E-state index in [1.165, 1.54) is 31.3 Å². The summed E-state index contributed by atoms with van der Waals surface area (Å²) in [5.41, 5.74) is 0.471. The molecule has 2 N–H and O–H groups in total. The van der Waals surface area contributed by atoms with Crippen LogP contribution in [0.5, 0.6) is 0 Å². The van der Waals surface area contributed by atoms with Gasteiger partial charge in [0.05, 0.1) is 11.6 Å². The second kappa shape index (κ2) is 7.04. The summed E-state index contributed by atoms with van der Waals surface area (Å²) in [6.07, 6.45) is 2.24. The molecule has 1 aromatic rings. The molecule has 21 heavy (non-hydrogen) atoms. The van der Waals surface area contributed by atoms with E-state index in [1.54, 1.807) is 6.92 Å². The Bertz CT molecular complexity index is 657. The number of sulfonamides is 1. The Morgan fingerprint density at radius 2 is 2.10 bits per heavy atom. The van der Waals surface area contributed by atoms with Crippen molar-refractivity contribution in [1.82, 2.24) is 4.31 Å². The third kappa shape index (κ3) is 4.28. The summed E-state index contributed by atoms with van der Waals surface area (Å²) < 4.78 is 25.7. The minimum absolute atomic E-state index is 0.0143. The van der Waals surface area contributed by atoms with Crippen molar-refractivity contribution in [3.05, 3.63) is 34.9 Å². The van der Waals surface area contributed by atoms with Gasteiger partial charge in [0.1, 0.15) is 4.90 Å². The molecule has 0 fully saturated rings. The van der Waals surface area contributed by atoms with Crippen LogP contribution in [0, 0.1) is 0 Å². The van der Waals surface area contributed by atoms with Crippen LogP contribution in [0.1, 0.15) is 12.5 Å². The van der Waals surface area contributed by atoms with E-state index in [-0.39, 0.29) is 16.5 Å². The first-order valence-electron chi connectivity index (χ1n) is 5.99. The molecule has 0 aliphatic rings. The van der Waals surface area contributed by atoms with E-state index in [1.807, 2.05) is 0 Å². The number of carboxylic acid groups (broad SMARTS) is 1. The number of carboxylic acids is 1. The van der Waals surface area contributed by atoms with E-state index >= 15 is 0 Å². The molecule has 0 aliphatic carbocycles. The molecule has 0 heterocycles. The smallest absolute Gasteiger partial charge is 0.328 e. The average Bonchev–Trinajstić information content (AvgIpc) is 2.43. The van der Waals surface area contributed by atoms with Gasteiger partial charge in [-0.15, -0.1) is 0 Å². The third-order valence-electron chi connectivity index (χ3n) is 2.92. The van der Waals surface area contributed by atoms with Crippen LogP contribution in [0.4, 0.5) is 0 Å². The van der Waals surface area contributed by atoms with E-state index in [4.69, 9.17) is 21.8 Å². The van der Waals surface area contributed by atoms with Gasteiger partial charge in [-0.3, -0.25) is 0 Å². The Balaban J connectivity index is 3.18. The van der Waals surface area contributed by atoms with Crippen molar-refractivity contribution in [2.24, 2.45) is 0 Å². The maximum atomic E-state index is 12.3. The summed E-state index contributed by atoms with van der Waals surface area (Å²) in [5.74, 6) is -1.11. The van der Waals surface area contributed by atoms with Gasteiger partial charge in [0.15, 0.2) is 0 Å². The number of rotatable bonds is 6. The summed E-state index contributed by atoms with van der Waals surface area (Å²) in [5, 5.41) is 17.6. The summed E-state index contributed by atoms with van der Waals surface area (Å²) in [6, 6.07) is 3.54. The highest BCUT2D eigenvalue weighted by Crippen LogP contribution is 2.26. The fourth-order valence-electron chi connectivity index (χ4n) is 1.50. The topological polar surface area (TPSA) is 94.9 Å². The van der Waals surface area contributed by atoms with Gasteiger partial charge in [-0.2, -0.15) is 4.31 Å². The van der Waals surface area contributed by atoms with Crippen molar-refractivity contribution in [3.8, 4) is 0 Å². The molecule has 0 aromatic heterocycles. The van der Waals surface area contributed by atoms with Gasteiger partial charge in [-0.1, -0.05) is 17.7 Å². The Kier molecular flexibility index (Phi) is 5.91. The number of likely N-dealkylation sites (N-methyl/N-ethyl adjacent to an activating group) is 1. The van der Waals surface area contributed by atoms with Crippen LogP contribution >= 0.6 is 11.6 Å². The first kappa shape index (κ1) is 17.6. The first-order valence-corrected chi connectivity index (χ1v) is 7.81. The number of aliphatic carboxylic acids is 1. The van der Waals surface area contributed by atoms with Crippen molar-refractivity contribution >= 4 is 33.7 Å². The van der Waals surface area contributed by atoms with Crippen molar-refractivity contribution in [2.45, 2.75) is 17.9 Å². The Morgan fingerprint density at radius 1 is 1.48 bits per heavy atom. The third-order valence-corrected chi connectivity index (χ3v) is 5.37. The predicted molar refractivity (Wildman–Crippen MR) is 79.6 cm³/mol. The quantitative estimate of drug-likeness (QED) is 0.768. The van der Waals surface area contributed by atoms with Crippen LogP contribution in [0.2, 0.25) is 5.02 Å². The molecule has 1 unspecified atom stereocenters. The molecule has 116 valence electrons. The summed E-state index contributed by atoms with van der Waals surface area (Å²) in [4.78, 5) is 10.3. The van der Waals surface area contributed by atoms with Crippen LogP contribution in [0.15, 0.2) is 29.2 Å². The number of hydrogen-bond acceptors (Lipinski definition) is 4. The standard InChI is InChI=1S/C13H16ClNO5S/c1-9(8-16)15(2)21(19,20)12-5-3-10(7-11(12)14)4-6-13(17)18/h3-7,9,16H,8H2,1-2H3,(H,17,18)/b6-4+. The number of carbonyl (C=O) groups is 1. The van der Waals surface area contributed by atoms with Crippen LogP contribution < -0.4 is 0 Å². The van der Waals surface area contributed by atoms with Gasteiger partial charge in [-0.05, 0) is 30.7 Å². The molecule has 6 nitrogen and oxygen atoms in total. The van der Waals surface area contributed by atoms with Crippen molar-refractivity contribution in [3.63, 3.8) is 0 Å². The molecule has 1 atom stereocenters. The molecule has 0 radical (unpaired) electrons. The van der Waals surface area contributed by atoms with Gasteiger partial charge < -0.3 is 10.2 Å². The predicted octanol–water partition coefficient (Wildman–Crippen LogP) is 1.44. The zero-order valence-corrected chi connectivity index (χ0v) is 13.1. The van der Waals surface area contributed by atoms with E-state index in [9.17, 15) is 13.2 Å². The lowest BCUT2D eigenvalue weighted by Crippen LogP contribution is -2.37. The number of nitrogens with zero attached hydrogens (tertiary/aromatic N) is 1. The molecule has 0 amide bonds. The fourth-order valence-corrected chi connectivity index (χ4v) is 3.38. The zero-order chi connectivity index (χ0) is 16.2. The monoisotopic (exact) mass is 333 g/mol. The highest BCUT2D eigenvalue weighted by Gasteiger charge is 2.27. The Hall–Kier alpha value is -1.41. The van der Waals surface area contributed by atoms with Crippen LogP contribution in [0.3, 0.4) is 0 Å². The number of benzene rings is 1. The zero-order valence-electron chi connectivity index (χ0n) is 11.5. The Labute approximate surface area is 128 Å². The maximum absolute atomic E-state index is 12.3. The molecular formula is C13H16ClNO5S. The SMILES string of the molecule is CC(CO)N(C)S(=O)(=O)c1ccc(/C=C/C(=O)O)cc1Cl. The maximum Gasteiger partial charge on any atom is 0.328 e. The van der Waals surface area contributed by atoms with Gasteiger partial charge in [0.25, 0.3) is 0 Å². The number of aliphatic hydroxyl groups is 1. The second-order valence-corrected chi connectivity index (χ2v) is 6.79. The van der Waals surface area contributed by atoms with Crippen molar-refractivity contribution in [2.75, 3.05) is 13.7 Å². The number of halogens is 1. The lowest BCUT2D eigenvalue weighted by molar-refractivity contribution is -0.131. The van der Waals surface area contributed by atoms with Gasteiger partial charge in [0, 0.05) is 19.2 Å². The summed E-state index contributed by atoms with van der Waals surface area (Å²) in [7, 11) is -2.48. The second-order valence-electron chi connectivity index (χ2n) is 4.41. The highest BCUT2D eigenvalue weighted by molar-refractivity contribution is 7.89. The average molecular weight is 334 g/mol. The van der Waals surface area contributed by atoms with Crippen molar-refractivity contribution in [1.29, 1.82) is 0 Å². The van der Waals surface area contributed by atoms with Crippen LogP contribution in [-0.4, -0.2) is 48.6 Å². The molecule has 1 aromatic carbocycles. The fraction of sp³-hybridized carbons (Fsp3) is 0.308. The van der Waals surface area contributed by atoms with Gasteiger partial charge in [-0.25, -0.2) is 13.2 Å². The van der Waals surface area contributed by atoms with Gasteiger partial charge in [0.2, 0.25) is 10.0 Å². The molecule has 8 heteroatoms. The molecule has 0 saturated heterocycles. The molecule has 0 bridgehead atoms. The van der Waals surface area contributed by atoms with E-state index in [0.717, 1.165) is 10.4 Å². The van der Waals surface area contributed by atoms with Crippen LogP contribution in [0.25, 0.3) is 6.08 Å². The Morgan fingerprint density at radius 3 is 2.57 bits per heavy atom. The number of aliphatic hydroxyl groups excluding tert-OH is 1. The molecule has 0 saturated carbocycles. The van der Waals surface area contributed by atoms with Gasteiger partial charge >= 0.3 is 5.97 Å². The number of hydrogen-bond donors (Lipinski definition) is 2. The minimum Gasteiger partial charge on any atom is -0.478 e. The molecule has 0 aliphatic heterocycles. The summed E-state index contributed by atoms with van der Waals surface area (Å²) in [6.45, 7) is 1.25. The lowest BCUT2D eigenvalue weighted by Gasteiger charge is -2.23. The first-order chi connectivity index (χ1) is 9.70. The minimum atomic E-state index is -3.83. The lowest BCUT2D eigenvalue weighted by atomic mass is 10.2. The molecule has 1 rings (SSSR count). The van der Waals surface area contributed by atoms with Crippen LogP contribution in [-0.2, 0) is 14.8 Å². The van der Waals surface area contributed by atoms with E-state index in [0.29, 0.717) is 5.56 Å². The largest absolute Gasteiger partial charge is 0.478 e. The summed E-state index contributed by atoms with van der Waals surface area (Å²) >= 11 is 5.97. The van der Waals surface area contributed by atoms with E-state index in [2.05, 4.69) is 0 Å². The molecular weight excluding hydrogens is 318 g/mol.